The van der Waals surface area contributed by atoms with E-state index in [0.717, 1.165) is 30.0 Å². The third-order valence-corrected chi connectivity index (χ3v) is 8.39. The van der Waals surface area contributed by atoms with E-state index in [4.69, 9.17) is 9.47 Å². The number of rotatable bonds is 3. The Balaban J connectivity index is 1.46. The molecule has 2 aromatic carbocycles. The van der Waals surface area contributed by atoms with Gasteiger partial charge in [-0.05, 0) is 49.1 Å². The molecular weight excluding hydrogens is 484 g/mol. The number of amides is 2. The molecule has 4 aliphatic heterocycles. The summed E-state index contributed by atoms with van der Waals surface area (Å²) in [5.74, 6) is -3.04. The molecule has 0 aliphatic carbocycles. The summed E-state index contributed by atoms with van der Waals surface area (Å²) in [6, 6.07) is 12.7. The van der Waals surface area contributed by atoms with Gasteiger partial charge in [-0.2, -0.15) is 0 Å². The fourth-order valence-electron chi connectivity index (χ4n) is 6.72. The van der Waals surface area contributed by atoms with E-state index in [-0.39, 0.29) is 38.1 Å². The van der Waals surface area contributed by atoms with Gasteiger partial charge in [-0.25, -0.2) is 0 Å². The number of allylic oxidation sites excluding steroid dienone is 1. The van der Waals surface area contributed by atoms with Gasteiger partial charge in [0, 0.05) is 18.8 Å². The summed E-state index contributed by atoms with van der Waals surface area (Å²) in [7, 11) is 0. The summed E-state index contributed by atoms with van der Waals surface area (Å²) in [6.45, 7) is 2.01. The van der Waals surface area contributed by atoms with Crippen molar-refractivity contribution in [3.8, 4) is 0 Å². The van der Waals surface area contributed by atoms with Crippen LogP contribution in [0.2, 0.25) is 0 Å². The number of ether oxygens (including phenoxy) is 2. The molecule has 0 radical (unpaired) electrons. The average Bonchev–Trinajstić information content (AvgIpc) is 3.23. The van der Waals surface area contributed by atoms with Gasteiger partial charge >= 0.3 is 5.97 Å². The smallest absolute Gasteiger partial charge is 0.313 e. The molecule has 2 fully saturated rings. The minimum absolute atomic E-state index is 0.0371. The Morgan fingerprint density at radius 3 is 2.61 bits per heavy atom. The van der Waals surface area contributed by atoms with Crippen LogP contribution in [0.1, 0.15) is 26.2 Å². The number of likely N-dealkylation sites (tertiary alicyclic amines) is 1. The van der Waals surface area contributed by atoms with Crippen molar-refractivity contribution in [2.24, 2.45) is 11.8 Å². The highest BCUT2D eigenvalue weighted by Crippen LogP contribution is 2.57. The molecule has 0 saturated carbocycles. The van der Waals surface area contributed by atoms with Crippen molar-refractivity contribution in [3.05, 3.63) is 66.8 Å². The fraction of sp³-hybridized carbons (Fsp3) is 0.433. The van der Waals surface area contributed by atoms with Gasteiger partial charge in [0.2, 0.25) is 5.91 Å². The predicted octanol–water partition coefficient (Wildman–Crippen LogP) is 2.99. The van der Waals surface area contributed by atoms with Crippen molar-refractivity contribution < 1.29 is 29.0 Å². The second-order valence-electron chi connectivity index (χ2n) is 10.7. The molecule has 8 nitrogen and oxygen atoms in total. The predicted molar refractivity (Wildman–Crippen MR) is 141 cm³/mol. The normalized spacial score (nSPS) is 33.9. The van der Waals surface area contributed by atoms with E-state index >= 15 is 0 Å². The molecule has 1 spiro atoms. The topological polar surface area (TPSA) is 96.4 Å². The molecule has 5 atom stereocenters. The Hall–Kier alpha value is -3.49. The van der Waals surface area contributed by atoms with E-state index in [1.54, 1.807) is 17.9 Å². The van der Waals surface area contributed by atoms with Gasteiger partial charge in [0.05, 0.1) is 24.7 Å². The minimum Gasteiger partial charge on any atom is -0.465 e. The largest absolute Gasteiger partial charge is 0.465 e. The highest BCUT2D eigenvalue weighted by molar-refractivity contribution is 6.06. The second-order valence-corrected chi connectivity index (χ2v) is 10.7. The summed E-state index contributed by atoms with van der Waals surface area (Å²) in [5, 5.41) is 11.9. The summed E-state index contributed by atoms with van der Waals surface area (Å²) in [4.78, 5) is 44.9. The number of aliphatic hydroxyl groups excluding tert-OH is 1. The SMILES string of the molecule is C[C@]12/C=C\CCCCOC(=O)[C@H]1[C@H]1C(=O)N(CCO)C3C(=O)N(c4ccc5ccccc5c4)CC=C[C@@]31O2. The number of hydrogen-bond acceptors (Lipinski definition) is 6. The molecule has 198 valence electrons. The van der Waals surface area contributed by atoms with Crippen molar-refractivity contribution in [2.45, 2.75) is 43.4 Å². The monoisotopic (exact) mass is 516 g/mol. The van der Waals surface area contributed by atoms with Crippen molar-refractivity contribution in [2.75, 3.05) is 31.2 Å². The van der Waals surface area contributed by atoms with Crippen LogP contribution in [0, 0.1) is 11.8 Å². The summed E-state index contributed by atoms with van der Waals surface area (Å²) >= 11 is 0. The Labute approximate surface area is 221 Å². The third-order valence-electron chi connectivity index (χ3n) is 8.39. The van der Waals surface area contributed by atoms with Crippen molar-refractivity contribution in [1.29, 1.82) is 0 Å². The third kappa shape index (κ3) is 3.69. The number of carbonyl (C=O) groups is 3. The molecule has 4 heterocycles. The molecule has 0 aromatic heterocycles. The number of cyclic esters (lactones) is 1. The molecule has 0 bridgehead atoms. The number of benzene rings is 2. The lowest BCUT2D eigenvalue weighted by Gasteiger charge is -2.37. The van der Waals surface area contributed by atoms with Crippen LogP contribution in [0.15, 0.2) is 66.8 Å². The Morgan fingerprint density at radius 2 is 1.79 bits per heavy atom. The quantitative estimate of drug-likeness (QED) is 0.498. The van der Waals surface area contributed by atoms with E-state index in [0.29, 0.717) is 5.69 Å². The summed E-state index contributed by atoms with van der Waals surface area (Å²) < 4.78 is 12.4. The van der Waals surface area contributed by atoms with Gasteiger partial charge in [-0.15, -0.1) is 0 Å². The van der Waals surface area contributed by atoms with Gasteiger partial charge in [0.15, 0.2) is 0 Å². The molecule has 4 aliphatic rings. The summed E-state index contributed by atoms with van der Waals surface area (Å²) in [5.41, 5.74) is -1.79. The zero-order chi connectivity index (χ0) is 26.5. The number of nitrogens with zero attached hydrogens (tertiary/aromatic N) is 2. The first kappa shape index (κ1) is 24.8. The van der Waals surface area contributed by atoms with Crippen LogP contribution in [0.3, 0.4) is 0 Å². The van der Waals surface area contributed by atoms with Crippen LogP contribution in [-0.2, 0) is 23.9 Å². The number of esters is 1. The lowest BCUT2D eigenvalue weighted by molar-refractivity contribution is -0.158. The Bertz CT molecular complexity index is 1350. The lowest BCUT2D eigenvalue weighted by Crippen LogP contribution is -2.56. The molecule has 2 saturated heterocycles. The molecule has 2 amide bonds. The van der Waals surface area contributed by atoms with Gasteiger partial charge < -0.3 is 24.4 Å². The van der Waals surface area contributed by atoms with Crippen molar-refractivity contribution in [1.82, 2.24) is 4.90 Å². The Kier molecular flexibility index (Phi) is 6.12. The molecule has 6 rings (SSSR count). The van der Waals surface area contributed by atoms with Crippen LogP contribution >= 0.6 is 0 Å². The highest BCUT2D eigenvalue weighted by Gasteiger charge is 2.74. The molecule has 1 unspecified atom stereocenters. The van der Waals surface area contributed by atoms with Crippen LogP contribution < -0.4 is 4.90 Å². The van der Waals surface area contributed by atoms with Crippen molar-refractivity contribution >= 4 is 34.2 Å². The zero-order valence-corrected chi connectivity index (χ0v) is 21.4. The van der Waals surface area contributed by atoms with E-state index in [9.17, 15) is 19.5 Å². The molecule has 8 heteroatoms. The van der Waals surface area contributed by atoms with E-state index in [2.05, 4.69) is 0 Å². The number of anilines is 1. The number of β-amino-alcohol motifs (C(OH)–C–C–N with tert-alkyl or cyclic N) is 1. The first-order valence-corrected chi connectivity index (χ1v) is 13.3. The van der Waals surface area contributed by atoms with Crippen LogP contribution in [0.25, 0.3) is 10.8 Å². The number of hydrogen-bond donors (Lipinski definition) is 1. The van der Waals surface area contributed by atoms with E-state index in [1.165, 1.54) is 4.90 Å². The summed E-state index contributed by atoms with van der Waals surface area (Å²) in [6.07, 6.45) is 9.94. The van der Waals surface area contributed by atoms with E-state index < -0.39 is 35.0 Å². The Morgan fingerprint density at radius 1 is 0.974 bits per heavy atom. The molecular formula is C30H32N2O6. The van der Waals surface area contributed by atoms with Gasteiger partial charge in [-0.3, -0.25) is 14.4 Å². The number of aliphatic hydroxyl groups is 1. The highest BCUT2D eigenvalue weighted by atomic mass is 16.6. The van der Waals surface area contributed by atoms with Gasteiger partial charge in [0.1, 0.15) is 17.6 Å². The first-order chi connectivity index (χ1) is 18.4. The maximum absolute atomic E-state index is 14.4. The standard InChI is InChI=1S/C30H32N2O6/c1-29-13-6-2-3-7-18-37-28(36)24(29)23-26(34)32(16-17-33)25-27(35)31(15-8-14-30(23,25)38-29)22-12-11-20-9-4-5-10-21(20)19-22/h4-6,8-14,19,23-25,33H,2-3,7,15-18H2,1H3/b13-6-/t23-,24+,25?,29-,30-/m0/s1. The first-order valence-electron chi connectivity index (χ1n) is 13.3. The molecule has 38 heavy (non-hydrogen) atoms. The maximum Gasteiger partial charge on any atom is 0.313 e. The van der Waals surface area contributed by atoms with Gasteiger partial charge in [-0.1, -0.05) is 54.6 Å². The van der Waals surface area contributed by atoms with Crippen LogP contribution in [-0.4, -0.2) is 71.3 Å². The maximum atomic E-state index is 14.4. The molecule has 2 aromatic rings. The van der Waals surface area contributed by atoms with Crippen LogP contribution in [0.5, 0.6) is 0 Å². The van der Waals surface area contributed by atoms with E-state index in [1.807, 2.05) is 60.7 Å². The minimum atomic E-state index is -1.37. The zero-order valence-electron chi connectivity index (χ0n) is 21.4. The number of carbonyl (C=O) groups excluding carboxylic acids is 3. The fourth-order valence-corrected chi connectivity index (χ4v) is 6.72. The van der Waals surface area contributed by atoms with Crippen LogP contribution in [0.4, 0.5) is 5.69 Å². The second kappa shape index (κ2) is 9.36. The van der Waals surface area contributed by atoms with Crippen molar-refractivity contribution in [3.63, 3.8) is 0 Å². The number of fused-ring (bicyclic) bond motifs is 3. The average molecular weight is 517 g/mol. The van der Waals surface area contributed by atoms with Gasteiger partial charge in [0.25, 0.3) is 5.91 Å². The lowest BCUT2D eigenvalue weighted by atomic mass is 9.74. The molecule has 1 N–H and O–H groups in total.